The highest BCUT2D eigenvalue weighted by atomic mass is 32.1. The summed E-state index contributed by atoms with van der Waals surface area (Å²) in [7, 11) is 0. The maximum atomic E-state index is 11.5. The number of hydrogen-bond donors (Lipinski definition) is 3. The third-order valence-electron chi connectivity index (χ3n) is 1.97. The summed E-state index contributed by atoms with van der Waals surface area (Å²) < 4.78 is 0.174. The number of nitrogen functional groups attached to an aromatic ring is 1. The lowest BCUT2D eigenvalue weighted by atomic mass is 10.3. The number of nitrogens with zero attached hydrogens (tertiary/aromatic N) is 2. The molecule has 0 atom stereocenters. The molecule has 0 aliphatic heterocycles. The standard InChI is InChI=1S/C10H9N5OS/c11-8-7(9(16)15-10(17)14-8)13-5-6-2-1-3-12-4-6/h1-5H,(H4,11,14,15,16,17). The molecule has 17 heavy (non-hydrogen) atoms. The van der Waals surface area contributed by atoms with Crippen molar-refractivity contribution in [3.63, 3.8) is 0 Å². The summed E-state index contributed by atoms with van der Waals surface area (Å²) in [5, 5.41) is 0. The lowest BCUT2D eigenvalue weighted by molar-refractivity contribution is 1.09. The lowest BCUT2D eigenvalue weighted by Crippen LogP contribution is -2.10. The largest absolute Gasteiger partial charge is 0.383 e. The van der Waals surface area contributed by atoms with Gasteiger partial charge in [-0.05, 0) is 18.3 Å². The molecule has 86 valence electrons. The Balaban J connectivity index is 2.41. The number of anilines is 1. The monoisotopic (exact) mass is 247 g/mol. The van der Waals surface area contributed by atoms with Crippen LogP contribution in [0.5, 0.6) is 0 Å². The third kappa shape index (κ3) is 2.64. The van der Waals surface area contributed by atoms with Crippen LogP contribution in [0.15, 0.2) is 34.3 Å². The second kappa shape index (κ2) is 4.71. The molecule has 2 heterocycles. The second-order valence-corrected chi connectivity index (χ2v) is 3.62. The van der Waals surface area contributed by atoms with E-state index in [-0.39, 0.29) is 16.3 Å². The highest BCUT2D eigenvalue weighted by Crippen LogP contribution is 2.11. The van der Waals surface area contributed by atoms with Crippen LogP contribution >= 0.6 is 12.2 Å². The first-order valence-corrected chi connectivity index (χ1v) is 5.14. The van der Waals surface area contributed by atoms with Crippen molar-refractivity contribution in [2.24, 2.45) is 4.99 Å². The number of aliphatic imine (C=N–C) groups is 1. The molecular formula is C10H9N5OS. The van der Waals surface area contributed by atoms with E-state index in [2.05, 4.69) is 19.9 Å². The van der Waals surface area contributed by atoms with Crippen LogP contribution in [0, 0.1) is 4.77 Å². The van der Waals surface area contributed by atoms with Crippen molar-refractivity contribution in [3.8, 4) is 0 Å². The summed E-state index contributed by atoms with van der Waals surface area (Å²) in [5.74, 6) is 0.138. The molecule has 0 aromatic carbocycles. The first kappa shape index (κ1) is 11.2. The van der Waals surface area contributed by atoms with E-state index in [0.29, 0.717) is 0 Å². The summed E-state index contributed by atoms with van der Waals surface area (Å²) in [6.45, 7) is 0. The van der Waals surface area contributed by atoms with Crippen molar-refractivity contribution in [3.05, 3.63) is 45.2 Å². The topological polar surface area (TPSA) is 99.9 Å². The van der Waals surface area contributed by atoms with Gasteiger partial charge in [0.2, 0.25) is 0 Å². The quantitative estimate of drug-likeness (QED) is 0.547. The van der Waals surface area contributed by atoms with E-state index in [9.17, 15) is 4.79 Å². The van der Waals surface area contributed by atoms with E-state index < -0.39 is 5.56 Å². The zero-order chi connectivity index (χ0) is 12.3. The maximum absolute atomic E-state index is 11.5. The molecule has 7 heteroatoms. The summed E-state index contributed by atoms with van der Waals surface area (Å²) in [5.41, 5.74) is 6.06. The van der Waals surface area contributed by atoms with Crippen LogP contribution in [0.25, 0.3) is 0 Å². The van der Waals surface area contributed by atoms with Gasteiger partial charge in [0.05, 0.1) is 0 Å². The van der Waals surface area contributed by atoms with E-state index in [4.69, 9.17) is 18.0 Å². The Bertz CT molecular complexity index is 658. The molecule has 0 spiro atoms. The molecule has 0 fully saturated rings. The smallest absolute Gasteiger partial charge is 0.279 e. The zero-order valence-electron chi connectivity index (χ0n) is 8.68. The Labute approximate surface area is 101 Å². The van der Waals surface area contributed by atoms with Crippen LogP contribution in [-0.2, 0) is 0 Å². The number of nitrogens with one attached hydrogen (secondary N) is 2. The van der Waals surface area contributed by atoms with Gasteiger partial charge in [0, 0.05) is 24.2 Å². The van der Waals surface area contributed by atoms with Gasteiger partial charge in [0.25, 0.3) is 5.56 Å². The number of hydrogen-bond acceptors (Lipinski definition) is 5. The van der Waals surface area contributed by atoms with Crippen molar-refractivity contribution < 1.29 is 0 Å². The maximum Gasteiger partial charge on any atom is 0.279 e. The molecule has 0 aliphatic rings. The summed E-state index contributed by atoms with van der Waals surface area (Å²) in [6.07, 6.45) is 4.78. The zero-order valence-corrected chi connectivity index (χ0v) is 9.49. The van der Waals surface area contributed by atoms with Crippen LogP contribution in [0.3, 0.4) is 0 Å². The Morgan fingerprint density at radius 3 is 2.94 bits per heavy atom. The first-order chi connectivity index (χ1) is 8.16. The van der Waals surface area contributed by atoms with Crippen LogP contribution in [0.2, 0.25) is 0 Å². The predicted octanol–water partition coefficient (Wildman–Crippen LogP) is 1.16. The predicted molar refractivity (Wildman–Crippen MR) is 68.2 cm³/mol. The highest BCUT2D eigenvalue weighted by molar-refractivity contribution is 7.71. The van der Waals surface area contributed by atoms with Gasteiger partial charge in [0.15, 0.2) is 10.5 Å². The van der Waals surface area contributed by atoms with Crippen LogP contribution in [-0.4, -0.2) is 21.2 Å². The first-order valence-electron chi connectivity index (χ1n) is 4.73. The number of aromatic amines is 2. The Morgan fingerprint density at radius 1 is 1.47 bits per heavy atom. The van der Waals surface area contributed by atoms with Crippen molar-refractivity contribution in [1.29, 1.82) is 0 Å². The normalized spacial score (nSPS) is 10.8. The Kier molecular flexibility index (Phi) is 3.10. The van der Waals surface area contributed by atoms with Crippen LogP contribution < -0.4 is 11.3 Å². The average molecular weight is 247 g/mol. The number of nitrogens with two attached hydrogens (primary N) is 1. The van der Waals surface area contributed by atoms with Gasteiger partial charge < -0.3 is 10.7 Å². The van der Waals surface area contributed by atoms with Gasteiger partial charge in [0.1, 0.15) is 5.82 Å². The molecule has 0 amide bonds. The van der Waals surface area contributed by atoms with E-state index in [1.807, 2.05) is 6.07 Å². The SMILES string of the molecule is Nc1[nH]c(=S)[nH]c(=O)c1N=Cc1cccnc1. The fraction of sp³-hybridized carbons (Fsp3) is 0. The van der Waals surface area contributed by atoms with Crippen molar-refractivity contribution >= 4 is 29.9 Å². The Morgan fingerprint density at radius 2 is 2.29 bits per heavy atom. The number of pyridine rings is 1. The minimum absolute atomic E-state index is 0.0995. The summed E-state index contributed by atoms with van der Waals surface area (Å²) in [4.78, 5) is 24.5. The third-order valence-corrected chi connectivity index (χ3v) is 2.18. The van der Waals surface area contributed by atoms with E-state index in [0.717, 1.165) is 5.56 Å². The molecule has 4 N–H and O–H groups in total. The van der Waals surface area contributed by atoms with E-state index in [1.54, 1.807) is 18.5 Å². The molecular weight excluding hydrogens is 238 g/mol. The van der Waals surface area contributed by atoms with Crippen molar-refractivity contribution in [1.82, 2.24) is 15.0 Å². The fourth-order valence-electron chi connectivity index (χ4n) is 1.22. The molecule has 0 radical (unpaired) electrons. The number of H-pyrrole nitrogens is 2. The van der Waals surface area contributed by atoms with E-state index >= 15 is 0 Å². The minimum Gasteiger partial charge on any atom is -0.383 e. The molecule has 2 aromatic heterocycles. The van der Waals surface area contributed by atoms with Crippen LogP contribution in [0.1, 0.15) is 5.56 Å². The minimum atomic E-state index is -0.425. The molecule has 0 bridgehead atoms. The van der Waals surface area contributed by atoms with Gasteiger partial charge >= 0.3 is 0 Å². The molecule has 0 saturated carbocycles. The van der Waals surface area contributed by atoms with Gasteiger partial charge in [-0.2, -0.15) is 0 Å². The fourth-order valence-corrected chi connectivity index (χ4v) is 1.42. The van der Waals surface area contributed by atoms with Gasteiger partial charge in [-0.3, -0.25) is 14.8 Å². The molecule has 2 aromatic rings. The number of aromatic nitrogens is 3. The molecule has 0 saturated heterocycles. The summed E-state index contributed by atoms with van der Waals surface area (Å²) in [6, 6.07) is 3.58. The number of rotatable bonds is 2. The van der Waals surface area contributed by atoms with Gasteiger partial charge in [-0.25, -0.2) is 4.99 Å². The Hall–Kier alpha value is -2.28. The lowest BCUT2D eigenvalue weighted by Gasteiger charge is -1.98. The van der Waals surface area contributed by atoms with Crippen molar-refractivity contribution in [2.45, 2.75) is 0 Å². The van der Waals surface area contributed by atoms with Gasteiger partial charge in [-0.15, -0.1) is 0 Å². The molecule has 0 unspecified atom stereocenters. The molecule has 2 rings (SSSR count). The molecule has 6 nitrogen and oxygen atoms in total. The van der Waals surface area contributed by atoms with E-state index in [1.165, 1.54) is 6.21 Å². The molecule has 0 aliphatic carbocycles. The second-order valence-electron chi connectivity index (χ2n) is 3.22. The average Bonchev–Trinajstić information content (AvgIpc) is 2.29. The summed E-state index contributed by atoms with van der Waals surface area (Å²) >= 11 is 4.77. The van der Waals surface area contributed by atoms with Gasteiger partial charge in [-0.1, -0.05) is 6.07 Å². The van der Waals surface area contributed by atoms with Crippen molar-refractivity contribution in [2.75, 3.05) is 5.73 Å². The van der Waals surface area contributed by atoms with Crippen LogP contribution in [0.4, 0.5) is 11.5 Å². The highest BCUT2D eigenvalue weighted by Gasteiger charge is 2.02.